The Morgan fingerprint density at radius 1 is 1.00 bits per heavy atom. The highest BCUT2D eigenvalue weighted by Crippen LogP contribution is 2.36. The van der Waals surface area contributed by atoms with E-state index in [0.717, 1.165) is 10.0 Å². The Kier molecular flexibility index (Phi) is 9.01. The highest BCUT2D eigenvalue weighted by Gasteiger charge is 2.16. The van der Waals surface area contributed by atoms with E-state index in [1.807, 2.05) is 30.3 Å². The molecule has 1 amide bonds. The monoisotopic (exact) mass is 556 g/mol. The van der Waals surface area contributed by atoms with E-state index in [2.05, 4.69) is 21.2 Å². The number of ether oxygens (including phenoxy) is 4. The number of methoxy groups -OCH3 is 3. The summed E-state index contributed by atoms with van der Waals surface area (Å²) in [6, 6.07) is 17.8. The van der Waals surface area contributed by atoms with Gasteiger partial charge in [-0.1, -0.05) is 39.7 Å². The molecular formula is C26H22BrClN2O5. The standard InChI is InChI=1S/C26H22BrClN2O5/c1-32-20-9-6-17(23(11-20)35-15-16-4-7-19(27)8-5-16)10-18(14-29)26(31)30-22-13-24(33-2)21(28)12-25(22)34-3/h4-13H,15H2,1-3H3,(H,30,31)/b18-10+. The van der Waals surface area contributed by atoms with E-state index >= 15 is 0 Å². The van der Waals surface area contributed by atoms with Crippen LogP contribution in [0.15, 0.2) is 64.6 Å². The van der Waals surface area contributed by atoms with Gasteiger partial charge in [0.05, 0.1) is 32.0 Å². The lowest BCUT2D eigenvalue weighted by Crippen LogP contribution is -2.14. The number of amides is 1. The minimum atomic E-state index is -0.634. The first-order valence-corrected chi connectivity index (χ1v) is 11.5. The van der Waals surface area contributed by atoms with Crippen molar-refractivity contribution in [3.8, 4) is 29.1 Å². The molecule has 0 fully saturated rings. The quantitative estimate of drug-likeness (QED) is 0.247. The van der Waals surface area contributed by atoms with Gasteiger partial charge in [0, 0.05) is 28.2 Å². The summed E-state index contributed by atoms with van der Waals surface area (Å²) < 4.78 is 22.8. The third-order valence-electron chi connectivity index (χ3n) is 4.92. The van der Waals surface area contributed by atoms with Gasteiger partial charge < -0.3 is 24.3 Å². The van der Waals surface area contributed by atoms with Crippen LogP contribution in [-0.4, -0.2) is 27.2 Å². The average Bonchev–Trinajstić information content (AvgIpc) is 2.87. The van der Waals surface area contributed by atoms with E-state index in [-0.39, 0.29) is 12.2 Å². The predicted molar refractivity (Wildman–Crippen MR) is 138 cm³/mol. The van der Waals surface area contributed by atoms with Crippen molar-refractivity contribution >= 4 is 45.2 Å². The van der Waals surface area contributed by atoms with Gasteiger partial charge in [-0.15, -0.1) is 0 Å². The van der Waals surface area contributed by atoms with Crippen LogP contribution in [0.4, 0.5) is 5.69 Å². The molecule has 9 heteroatoms. The van der Waals surface area contributed by atoms with Crippen molar-refractivity contribution in [2.45, 2.75) is 6.61 Å². The molecule has 0 bridgehead atoms. The van der Waals surface area contributed by atoms with E-state index < -0.39 is 5.91 Å². The van der Waals surface area contributed by atoms with Crippen LogP contribution in [0, 0.1) is 11.3 Å². The van der Waals surface area contributed by atoms with Gasteiger partial charge >= 0.3 is 0 Å². The molecule has 3 rings (SSSR count). The molecule has 0 aromatic heterocycles. The van der Waals surface area contributed by atoms with E-state index in [0.29, 0.717) is 39.3 Å². The first-order valence-electron chi connectivity index (χ1n) is 10.3. The molecule has 0 radical (unpaired) electrons. The molecule has 3 aromatic rings. The van der Waals surface area contributed by atoms with Crippen molar-refractivity contribution in [3.63, 3.8) is 0 Å². The normalized spacial score (nSPS) is 10.8. The molecule has 35 heavy (non-hydrogen) atoms. The van der Waals surface area contributed by atoms with Gasteiger partial charge in [-0.25, -0.2) is 0 Å². The molecule has 0 spiro atoms. The molecule has 0 aliphatic carbocycles. The van der Waals surface area contributed by atoms with E-state index in [4.69, 9.17) is 30.5 Å². The Hall–Kier alpha value is -3.67. The third-order valence-corrected chi connectivity index (χ3v) is 5.74. The topological polar surface area (TPSA) is 89.8 Å². The maximum absolute atomic E-state index is 12.9. The minimum absolute atomic E-state index is 0.139. The molecule has 0 aliphatic rings. The number of carbonyl (C=O) groups is 1. The second kappa shape index (κ2) is 12.2. The Bertz CT molecular complexity index is 1290. The summed E-state index contributed by atoms with van der Waals surface area (Å²) in [6.45, 7) is 0.289. The van der Waals surface area contributed by atoms with Crippen molar-refractivity contribution in [2.75, 3.05) is 26.6 Å². The highest BCUT2D eigenvalue weighted by molar-refractivity contribution is 9.10. The van der Waals surface area contributed by atoms with E-state index in [1.54, 1.807) is 25.3 Å². The van der Waals surface area contributed by atoms with Crippen molar-refractivity contribution < 1.29 is 23.7 Å². The van der Waals surface area contributed by atoms with Crippen LogP contribution < -0.4 is 24.3 Å². The molecule has 3 aromatic carbocycles. The first kappa shape index (κ1) is 25.9. The number of hydrogen-bond acceptors (Lipinski definition) is 6. The van der Waals surface area contributed by atoms with E-state index in [1.165, 1.54) is 32.4 Å². The zero-order chi connectivity index (χ0) is 25.4. The molecule has 1 N–H and O–H groups in total. The van der Waals surface area contributed by atoms with Crippen LogP contribution in [0.2, 0.25) is 5.02 Å². The van der Waals surface area contributed by atoms with Crippen molar-refractivity contribution in [2.24, 2.45) is 0 Å². The number of carbonyl (C=O) groups excluding carboxylic acids is 1. The van der Waals surface area contributed by atoms with Gasteiger partial charge in [0.15, 0.2) is 0 Å². The molecule has 180 valence electrons. The Labute approximate surface area is 217 Å². The van der Waals surface area contributed by atoms with Crippen LogP contribution in [0.1, 0.15) is 11.1 Å². The molecular weight excluding hydrogens is 536 g/mol. The smallest absolute Gasteiger partial charge is 0.266 e. The maximum Gasteiger partial charge on any atom is 0.266 e. The second-order valence-electron chi connectivity index (χ2n) is 7.13. The van der Waals surface area contributed by atoms with Crippen molar-refractivity contribution in [1.82, 2.24) is 0 Å². The number of nitrogens with one attached hydrogen (secondary N) is 1. The molecule has 0 unspecified atom stereocenters. The largest absolute Gasteiger partial charge is 0.497 e. The number of anilines is 1. The maximum atomic E-state index is 12.9. The van der Waals surface area contributed by atoms with E-state index in [9.17, 15) is 10.1 Å². The number of nitrogens with zero attached hydrogens (tertiary/aromatic N) is 1. The lowest BCUT2D eigenvalue weighted by atomic mass is 10.1. The first-order chi connectivity index (χ1) is 16.9. The second-order valence-corrected chi connectivity index (χ2v) is 8.45. The van der Waals surface area contributed by atoms with Gasteiger partial charge in [0.1, 0.15) is 41.2 Å². The predicted octanol–water partition coefficient (Wildman–Crippen LogP) is 6.25. The van der Waals surface area contributed by atoms with Crippen LogP contribution in [0.3, 0.4) is 0 Å². The molecule has 0 atom stereocenters. The zero-order valence-electron chi connectivity index (χ0n) is 19.2. The summed E-state index contributed by atoms with van der Waals surface area (Å²) in [5, 5.41) is 12.7. The number of hydrogen-bond donors (Lipinski definition) is 1. The summed E-state index contributed by atoms with van der Waals surface area (Å²) in [5.41, 5.74) is 1.66. The number of benzene rings is 3. The van der Waals surface area contributed by atoms with Gasteiger partial charge in [-0.05, 0) is 35.9 Å². The number of halogens is 2. The third kappa shape index (κ3) is 6.69. The molecule has 0 saturated carbocycles. The lowest BCUT2D eigenvalue weighted by molar-refractivity contribution is -0.112. The average molecular weight is 558 g/mol. The highest BCUT2D eigenvalue weighted by atomic mass is 79.9. The zero-order valence-corrected chi connectivity index (χ0v) is 21.6. The Morgan fingerprint density at radius 2 is 1.71 bits per heavy atom. The fourth-order valence-corrected chi connectivity index (χ4v) is 3.57. The Balaban J connectivity index is 1.89. The summed E-state index contributed by atoms with van der Waals surface area (Å²) >= 11 is 9.54. The van der Waals surface area contributed by atoms with Crippen LogP contribution in [0.5, 0.6) is 23.0 Å². The van der Waals surface area contributed by atoms with Crippen LogP contribution in [-0.2, 0) is 11.4 Å². The SMILES string of the molecule is COc1ccc(/C=C(\C#N)C(=O)Nc2cc(OC)c(Cl)cc2OC)c(OCc2ccc(Br)cc2)c1. The summed E-state index contributed by atoms with van der Waals surface area (Å²) in [4.78, 5) is 12.9. The van der Waals surface area contributed by atoms with Gasteiger partial charge in [0.25, 0.3) is 5.91 Å². The summed E-state index contributed by atoms with van der Waals surface area (Å²) in [6.07, 6.45) is 1.45. The fraction of sp³-hybridized carbons (Fsp3) is 0.154. The molecule has 0 saturated heterocycles. The van der Waals surface area contributed by atoms with Crippen LogP contribution in [0.25, 0.3) is 6.08 Å². The van der Waals surface area contributed by atoms with Crippen molar-refractivity contribution in [1.29, 1.82) is 5.26 Å². The van der Waals surface area contributed by atoms with Crippen molar-refractivity contribution in [3.05, 3.63) is 80.8 Å². The Morgan fingerprint density at radius 3 is 2.34 bits per heavy atom. The van der Waals surface area contributed by atoms with Gasteiger partial charge in [0.2, 0.25) is 0 Å². The minimum Gasteiger partial charge on any atom is -0.497 e. The van der Waals surface area contributed by atoms with Gasteiger partial charge in [-0.3, -0.25) is 4.79 Å². The lowest BCUT2D eigenvalue weighted by Gasteiger charge is -2.14. The number of nitriles is 1. The fourth-order valence-electron chi connectivity index (χ4n) is 3.08. The molecule has 7 nitrogen and oxygen atoms in total. The number of rotatable bonds is 9. The summed E-state index contributed by atoms with van der Waals surface area (Å²) in [7, 11) is 4.45. The molecule has 0 aliphatic heterocycles. The summed E-state index contributed by atoms with van der Waals surface area (Å²) in [5.74, 6) is 1.07. The van der Waals surface area contributed by atoms with Gasteiger partial charge in [-0.2, -0.15) is 5.26 Å². The molecule has 0 heterocycles. The van der Waals surface area contributed by atoms with Crippen LogP contribution >= 0.6 is 27.5 Å².